The third kappa shape index (κ3) is 2.50. The number of nitrogens with one attached hydrogen (secondary N) is 1. The first-order chi connectivity index (χ1) is 9.16. The predicted octanol–water partition coefficient (Wildman–Crippen LogP) is 1.32. The Kier molecular flexibility index (Phi) is 3.04. The van der Waals surface area contributed by atoms with E-state index >= 15 is 0 Å². The molecule has 0 bridgehead atoms. The lowest BCUT2D eigenvalue weighted by Gasteiger charge is -2.38. The Morgan fingerprint density at radius 2 is 2.32 bits per heavy atom. The fourth-order valence-corrected chi connectivity index (χ4v) is 1.94. The van der Waals surface area contributed by atoms with Crippen molar-refractivity contribution in [1.82, 2.24) is 20.4 Å². The van der Waals surface area contributed by atoms with Gasteiger partial charge in [-0.05, 0) is 25.5 Å². The third-order valence-electron chi connectivity index (χ3n) is 3.29. The van der Waals surface area contributed by atoms with E-state index in [4.69, 9.17) is 9.26 Å². The van der Waals surface area contributed by atoms with Gasteiger partial charge >= 0.3 is 0 Å². The minimum absolute atomic E-state index is 0.112. The van der Waals surface area contributed by atoms with Crippen LogP contribution in [0.3, 0.4) is 0 Å². The average Bonchev–Trinajstić information content (AvgIpc) is 2.83. The number of pyridine rings is 1. The molecule has 6 nitrogen and oxygen atoms in total. The molecule has 3 rings (SSSR count). The molecule has 0 saturated carbocycles. The Hall–Kier alpha value is -1.79. The smallest absolute Gasteiger partial charge is 0.252 e. The van der Waals surface area contributed by atoms with Crippen molar-refractivity contribution < 1.29 is 9.26 Å². The monoisotopic (exact) mass is 260 g/mol. The highest BCUT2D eigenvalue weighted by atomic mass is 16.5. The van der Waals surface area contributed by atoms with E-state index < -0.39 is 0 Å². The molecule has 1 aliphatic rings. The first kappa shape index (κ1) is 12.3. The summed E-state index contributed by atoms with van der Waals surface area (Å²) in [4.78, 5) is 8.42. The van der Waals surface area contributed by atoms with Crippen LogP contribution >= 0.6 is 0 Å². The molecular weight excluding hydrogens is 244 g/mol. The lowest BCUT2D eigenvalue weighted by atomic mass is 10.0. The molecule has 0 aliphatic carbocycles. The molecule has 2 aromatic rings. The number of ether oxygens (including phenoxy) is 1. The number of nitrogens with zero attached hydrogens (tertiary/aromatic N) is 3. The van der Waals surface area contributed by atoms with Crippen molar-refractivity contribution in [3.05, 3.63) is 29.9 Å². The molecule has 1 aliphatic heterocycles. The van der Waals surface area contributed by atoms with Crippen molar-refractivity contribution in [3.63, 3.8) is 0 Å². The van der Waals surface area contributed by atoms with Crippen LogP contribution in [0, 0.1) is 6.92 Å². The van der Waals surface area contributed by atoms with Crippen LogP contribution in [0.4, 0.5) is 0 Å². The second kappa shape index (κ2) is 4.71. The summed E-state index contributed by atoms with van der Waals surface area (Å²) in [6, 6.07) is 1.92. The predicted molar refractivity (Wildman–Crippen MR) is 68.3 cm³/mol. The topological polar surface area (TPSA) is 73.1 Å². The van der Waals surface area contributed by atoms with Crippen LogP contribution in [0.2, 0.25) is 0 Å². The highest BCUT2D eigenvalue weighted by molar-refractivity contribution is 5.57. The summed E-state index contributed by atoms with van der Waals surface area (Å²) in [7, 11) is 0. The van der Waals surface area contributed by atoms with Gasteiger partial charge in [0.15, 0.2) is 0 Å². The quantitative estimate of drug-likeness (QED) is 0.893. The van der Waals surface area contributed by atoms with E-state index in [-0.39, 0.29) is 5.60 Å². The second-order valence-corrected chi connectivity index (χ2v) is 5.04. The van der Waals surface area contributed by atoms with E-state index in [1.54, 1.807) is 12.4 Å². The molecule has 19 heavy (non-hydrogen) atoms. The van der Waals surface area contributed by atoms with Gasteiger partial charge in [0.05, 0.1) is 5.60 Å². The van der Waals surface area contributed by atoms with Crippen molar-refractivity contribution in [2.24, 2.45) is 0 Å². The maximum Gasteiger partial charge on any atom is 0.252 e. The number of rotatable bonds is 4. The van der Waals surface area contributed by atoms with E-state index in [0.29, 0.717) is 18.3 Å². The van der Waals surface area contributed by atoms with Crippen molar-refractivity contribution in [2.75, 3.05) is 13.1 Å². The number of hydrogen-bond donors (Lipinski definition) is 1. The van der Waals surface area contributed by atoms with Gasteiger partial charge in [-0.3, -0.25) is 4.98 Å². The summed E-state index contributed by atoms with van der Waals surface area (Å²) in [5.74, 6) is 1.05. The van der Waals surface area contributed by atoms with Crippen LogP contribution in [-0.4, -0.2) is 33.8 Å². The molecule has 100 valence electrons. The van der Waals surface area contributed by atoms with Crippen LogP contribution in [0.15, 0.2) is 23.0 Å². The minimum atomic E-state index is -0.112. The van der Waals surface area contributed by atoms with Gasteiger partial charge in [-0.15, -0.1) is 0 Å². The zero-order valence-corrected chi connectivity index (χ0v) is 11.0. The zero-order valence-electron chi connectivity index (χ0n) is 11.0. The van der Waals surface area contributed by atoms with Crippen LogP contribution in [-0.2, 0) is 11.3 Å². The SMILES string of the molecule is Cc1ccncc1-c1noc(COC2(C)CNC2)n1. The van der Waals surface area contributed by atoms with Crippen LogP contribution in [0.25, 0.3) is 11.4 Å². The van der Waals surface area contributed by atoms with Gasteiger partial charge in [-0.1, -0.05) is 5.16 Å². The van der Waals surface area contributed by atoms with E-state index in [2.05, 4.69) is 27.4 Å². The van der Waals surface area contributed by atoms with Gasteiger partial charge in [0.25, 0.3) is 5.89 Å². The summed E-state index contributed by atoms with van der Waals surface area (Å²) in [5.41, 5.74) is 1.84. The summed E-state index contributed by atoms with van der Waals surface area (Å²) in [5, 5.41) is 7.15. The first-order valence-corrected chi connectivity index (χ1v) is 6.25. The van der Waals surface area contributed by atoms with Gasteiger partial charge in [-0.2, -0.15) is 4.98 Å². The molecular formula is C13H16N4O2. The Morgan fingerprint density at radius 3 is 3.00 bits per heavy atom. The zero-order chi connectivity index (χ0) is 13.3. The summed E-state index contributed by atoms with van der Waals surface area (Å²) in [6.45, 7) is 6.10. The lowest BCUT2D eigenvalue weighted by Crippen LogP contribution is -2.58. The first-order valence-electron chi connectivity index (χ1n) is 6.25. The molecule has 1 N–H and O–H groups in total. The molecule has 6 heteroatoms. The Morgan fingerprint density at radius 1 is 1.47 bits per heavy atom. The van der Waals surface area contributed by atoms with Crippen molar-refractivity contribution in [2.45, 2.75) is 26.1 Å². The molecule has 0 atom stereocenters. The van der Waals surface area contributed by atoms with Gasteiger partial charge in [0.1, 0.15) is 6.61 Å². The normalized spacial score (nSPS) is 17.2. The maximum atomic E-state index is 5.76. The van der Waals surface area contributed by atoms with E-state index in [1.807, 2.05) is 13.0 Å². The second-order valence-electron chi connectivity index (χ2n) is 5.04. The third-order valence-corrected chi connectivity index (χ3v) is 3.29. The van der Waals surface area contributed by atoms with Gasteiger partial charge < -0.3 is 14.6 Å². The molecule has 1 saturated heterocycles. The van der Waals surface area contributed by atoms with E-state index in [0.717, 1.165) is 24.2 Å². The van der Waals surface area contributed by atoms with Gasteiger partial charge in [0, 0.05) is 31.0 Å². The minimum Gasteiger partial charge on any atom is -0.363 e. The van der Waals surface area contributed by atoms with Crippen molar-refractivity contribution in [3.8, 4) is 11.4 Å². The average molecular weight is 260 g/mol. The maximum absolute atomic E-state index is 5.76. The fourth-order valence-electron chi connectivity index (χ4n) is 1.94. The van der Waals surface area contributed by atoms with Crippen LogP contribution < -0.4 is 5.32 Å². The van der Waals surface area contributed by atoms with Gasteiger partial charge in [-0.25, -0.2) is 0 Å². The molecule has 0 amide bonds. The van der Waals surface area contributed by atoms with Crippen LogP contribution in [0.5, 0.6) is 0 Å². The molecule has 2 aromatic heterocycles. The van der Waals surface area contributed by atoms with Crippen LogP contribution in [0.1, 0.15) is 18.4 Å². The summed E-state index contributed by atoms with van der Waals surface area (Å²) < 4.78 is 11.0. The molecule has 0 radical (unpaired) electrons. The number of aryl methyl sites for hydroxylation is 1. The highest BCUT2D eigenvalue weighted by Gasteiger charge is 2.33. The van der Waals surface area contributed by atoms with Gasteiger partial charge in [0.2, 0.25) is 5.82 Å². The largest absolute Gasteiger partial charge is 0.363 e. The Balaban J connectivity index is 1.71. The van der Waals surface area contributed by atoms with E-state index in [9.17, 15) is 0 Å². The number of aromatic nitrogens is 3. The van der Waals surface area contributed by atoms with Crippen molar-refractivity contribution >= 4 is 0 Å². The summed E-state index contributed by atoms with van der Waals surface area (Å²) >= 11 is 0. The number of hydrogen-bond acceptors (Lipinski definition) is 6. The lowest BCUT2D eigenvalue weighted by molar-refractivity contribution is -0.0841. The standard InChI is InChI=1S/C13H16N4O2/c1-9-3-4-14-5-10(9)12-16-11(19-17-12)6-18-13(2)7-15-8-13/h3-5,15H,6-8H2,1-2H3. The van der Waals surface area contributed by atoms with E-state index in [1.165, 1.54) is 0 Å². The highest BCUT2D eigenvalue weighted by Crippen LogP contribution is 2.21. The summed E-state index contributed by atoms with van der Waals surface area (Å²) in [6.07, 6.45) is 3.48. The van der Waals surface area contributed by atoms with Crippen molar-refractivity contribution in [1.29, 1.82) is 0 Å². The molecule has 0 spiro atoms. The molecule has 0 unspecified atom stereocenters. The molecule has 0 aromatic carbocycles. The molecule has 1 fully saturated rings. The molecule has 3 heterocycles. The Bertz CT molecular complexity index is 578. The Labute approximate surface area is 111 Å². The fraction of sp³-hybridized carbons (Fsp3) is 0.462.